The van der Waals surface area contributed by atoms with Crippen LogP contribution in [0.3, 0.4) is 0 Å². The van der Waals surface area contributed by atoms with E-state index in [0.717, 1.165) is 42.9 Å². The minimum Gasteiger partial charge on any atom is -0.491 e. The Hall–Kier alpha value is -1.55. The second kappa shape index (κ2) is 6.75. The number of benzene rings is 1. The Morgan fingerprint density at radius 3 is 2.85 bits per heavy atom. The lowest BCUT2D eigenvalue weighted by Gasteiger charge is -2.22. The van der Waals surface area contributed by atoms with Gasteiger partial charge < -0.3 is 15.4 Å². The van der Waals surface area contributed by atoms with Gasteiger partial charge in [-0.15, -0.1) is 0 Å². The Labute approximate surface area is 120 Å². The predicted octanol–water partition coefficient (Wildman–Crippen LogP) is 2.72. The van der Waals surface area contributed by atoms with Crippen LogP contribution in [-0.2, 0) is 4.79 Å². The Morgan fingerprint density at radius 2 is 2.25 bits per heavy atom. The summed E-state index contributed by atoms with van der Waals surface area (Å²) in [6.45, 7) is 7.79. The highest BCUT2D eigenvalue weighted by Gasteiger charge is 2.21. The minimum atomic E-state index is 0.0785. The van der Waals surface area contributed by atoms with Crippen molar-refractivity contribution in [3.05, 3.63) is 23.8 Å². The Morgan fingerprint density at radius 1 is 1.45 bits per heavy atom. The molecule has 20 heavy (non-hydrogen) atoms. The molecule has 0 spiro atoms. The lowest BCUT2D eigenvalue weighted by atomic mass is 9.98. The normalized spacial score (nSPS) is 18.9. The van der Waals surface area contributed by atoms with Crippen LogP contribution >= 0.6 is 0 Å². The molecule has 1 heterocycles. The summed E-state index contributed by atoms with van der Waals surface area (Å²) in [5.41, 5.74) is 1.90. The van der Waals surface area contributed by atoms with Gasteiger partial charge in [0, 0.05) is 12.2 Å². The number of rotatable bonds is 4. The number of nitrogens with one attached hydrogen (secondary N) is 2. The van der Waals surface area contributed by atoms with Crippen molar-refractivity contribution in [2.45, 2.75) is 39.7 Å². The van der Waals surface area contributed by atoms with E-state index in [1.807, 2.05) is 39.0 Å². The van der Waals surface area contributed by atoms with Crippen LogP contribution in [-0.4, -0.2) is 25.1 Å². The van der Waals surface area contributed by atoms with Crippen molar-refractivity contribution in [1.82, 2.24) is 5.32 Å². The Kier molecular flexibility index (Phi) is 5.01. The molecule has 110 valence electrons. The number of carbonyl (C=O) groups excluding carboxylic acids is 1. The molecule has 1 aliphatic rings. The lowest BCUT2D eigenvalue weighted by molar-refractivity contribution is -0.120. The summed E-state index contributed by atoms with van der Waals surface area (Å²) in [5.74, 6) is 1.03. The zero-order valence-electron chi connectivity index (χ0n) is 12.5. The van der Waals surface area contributed by atoms with Gasteiger partial charge in [-0.2, -0.15) is 0 Å². The highest BCUT2D eigenvalue weighted by atomic mass is 16.5. The number of hydrogen-bond donors (Lipinski definition) is 2. The van der Waals surface area contributed by atoms with Crippen molar-refractivity contribution in [1.29, 1.82) is 0 Å². The number of hydrogen-bond acceptors (Lipinski definition) is 3. The third kappa shape index (κ3) is 3.97. The first-order valence-electron chi connectivity index (χ1n) is 7.35. The topological polar surface area (TPSA) is 50.4 Å². The first kappa shape index (κ1) is 14.9. The van der Waals surface area contributed by atoms with Crippen LogP contribution in [0.5, 0.6) is 5.75 Å². The summed E-state index contributed by atoms with van der Waals surface area (Å²) in [5, 5.41) is 6.29. The van der Waals surface area contributed by atoms with Crippen molar-refractivity contribution in [2.75, 3.05) is 18.4 Å². The first-order valence-corrected chi connectivity index (χ1v) is 7.35. The molecule has 1 atom stereocenters. The Balaban J connectivity index is 2.00. The largest absolute Gasteiger partial charge is 0.491 e. The molecule has 0 unspecified atom stereocenters. The van der Waals surface area contributed by atoms with Crippen molar-refractivity contribution in [3.63, 3.8) is 0 Å². The average Bonchev–Trinajstić information content (AvgIpc) is 2.42. The molecule has 2 rings (SSSR count). The van der Waals surface area contributed by atoms with Crippen molar-refractivity contribution in [3.8, 4) is 5.75 Å². The molecule has 4 nitrogen and oxygen atoms in total. The van der Waals surface area contributed by atoms with Gasteiger partial charge in [-0.05, 0) is 63.9 Å². The highest BCUT2D eigenvalue weighted by molar-refractivity contribution is 5.93. The van der Waals surface area contributed by atoms with Gasteiger partial charge in [0.05, 0.1) is 12.0 Å². The number of amides is 1. The maximum Gasteiger partial charge on any atom is 0.228 e. The van der Waals surface area contributed by atoms with Crippen LogP contribution in [0.1, 0.15) is 32.3 Å². The summed E-state index contributed by atoms with van der Waals surface area (Å²) >= 11 is 0. The van der Waals surface area contributed by atoms with Crippen molar-refractivity contribution >= 4 is 11.6 Å². The number of carbonyl (C=O) groups is 1. The molecule has 4 heteroatoms. The predicted molar refractivity (Wildman–Crippen MR) is 81.2 cm³/mol. The molecule has 1 saturated heterocycles. The second-order valence-electron chi connectivity index (χ2n) is 5.68. The SMILES string of the molecule is Cc1cc(OC(C)C)ccc1NC(=O)[C@@H]1CCCNC1. The van der Waals surface area contributed by atoms with E-state index in [1.54, 1.807) is 0 Å². The fourth-order valence-electron chi connectivity index (χ4n) is 2.43. The Bertz CT molecular complexity index is 466. The van der Waals surface area contributed by atoms with Gasteiger partial charge >= 0.3 is 0 Å². The van der Waals surface area contributed by atoms with E-state index in [-0.39, 0.29) is 17.9 Å². The van der Waals surface area contributed by atoms with E-state index in [9.17, 15) is 4.79 Å². The van der Waals surface area contributed by atoms with E-state index in [0.29, 0.717) is 0 Å². The molecule has 1 aliphatic heterocycles. The van der Waals surface area contributed by atoms with Crippen LogP contribution in [0.15, 0.2) is 18.2 Å². The lowest BCUT2D eigenvalue weighted by Crippen LogP contribution is -2.37. The van der Waals surface area contributed by atoms with Gasteiger partial charge in [-0.3, -0.25) is 4.79 Å². The molecule has 1 aromatic rings. The quantitative estimate of drug-likeness (QED) is 0.889. The third-order valence-corrected chi connectivity index (χ3v) is 3.50. The second-order valence-corrected chi connectivity index (χ2v) is 5.68. The summed E-state index contributed by atoms with van der Waals surface area (Å²) in [6.07, 6.45) is 2.19. The summed E-state index contributed by atoms with van der Waals surface area (Å²) in [4.78, 5) is 12.2. The van der Waals surface area contributed by atoms with Crippen LogP contribution in [0.4, 0.5) is 5.69 Å². The molecule has 0 bridgehead atoms. The molecule has 0 aliphatic carbocycles. The molecule has 1 amide bonds. The molecule has 0 radical (unpaired) electrons. The third-order valence-electron chi connectivity index (χ3n) is 3.50. The number of aryl methyl sites for hydroxylation is 1. The van der Waals surface area contributed by atoms with Crippen LogP contribution in [0, 0.1) is 12.8 Å². The summed E-state index contributed by atoms with van der Waals surface area (Å²) < 4.78 is 5.65. The molecular weight excluding hydrogens is 252 g/mol. The summed E-state index contributed by atoms with van der Waals surface area (Å²) in [6, 6.07) is 5.79. The van der Waals surface area contributed by atoms with E-state index in [4.69, 9.17) is 4.74 Å². The minimum absolute atomic E-state index is 0.0785. The van der Waals surface area contributed by atoms with Crippen LogP contribution in [0.25, 0.3) is 0 Å². The molecule has 0 aromatic heterocycles. The summed E-state index contributed by atoms with van der Waals surface area (Å²) in [7, 11) is 0. The first-order chi connectivity index (χ1) is 9.56. The number of ether oxygens (including phenoxy) is 1. The molecule has 2 N–H and O–H groups in total. The standard InChI is InChI=1S/C16H24N2O2/c1-11(2)20-14-6-7-15(12(3)9-14)18-16(19)13-5-4-8-17-10-13/h6-7,9,11,13,17H,4-5,8,10H2,1-3H3,(H,18,19)/t13-/m1/s1. The average molecular weight is 276 g/mol. The van der Waals surface area contributed by atoms with Gasteiger partial charge in [-0.25, -0.2) is 0 Å². The van der Waals surface area contributed by atoms with Gasteiger partial charge in [0.2, 0.25) is 5.91 Å². The van der Waals surface area contributed by atoms with Crippen molar-refractivity contribution in [2.24, 2.45) is 5.92 Å². The zero-order valence-corrected chi connectivity index (χ0v) is 12.5. The monoisotopic (exact) mass is 276 g/mol. The fourth-order valence-corrected chi connectivity index (χ4v) is 2.43. The van der Waals surface area contributed by atoms with Crippen LogP contribution < -0.4 is 15.4 Å². The number of anilines is 1. The van der Waals surface area contributed by atoms with Gasteiger partial charge in [-0.1, -0.05) is 0 Å². The zero-order chi connectivity index (χ0) is 14.5. The molecule has 0 saturated carbocycles. The van der Waals surface area contributed by atoms with E-state index in [2.05, 4.69) is 10.6 Å². The van der Waals surface area contributed by atoms with E-state index < -0.39 is 0 Å². The van der Waals surface area contributed by atoms with Gasteiger partial charge in [0.1, 0.15) is 5.75 Å². The smallest absolute Gasteiger partial charge is 0.228 e. The maximum absolute atomic E-state index is 12.2. The van der Waals surface area contributed by atoms with Gasteiger partial charge in [0.25, 0.3) is 0 Å². The van der Waals surface area contributed by atoms with Crippen molar-refractivity contribution < 1.29 is 9.53 Å². The van der Waals surface area contributed by atoms with Crippen LogP contribution in [0.2, 0.25) is 0 Å². The molecule has 1 aromatic carbocycles. The molecule has 1 fully saturated rings. The van der Waals surface area contributed by atoms with E-state index in [1.165, 1.54) is 0 Å². The highest BCUT2D eigenvalue weighted by Crippen LogP contribution is 2.23. The maximum atomic E-state index is 12.2. The van der Waals surface area contributed by atoms with Gasteiger partial charge in [0.15, 0.2) is 0 Å². The fraction of sp³-hybridized carbons (Fsp3) is 0.562. The molecular formula is C16H24N2O2. The number of piperidine rings is 1. The van der Waals surface area contributed by atoms with E-state index >= 15 is 0 Å².